The molecule has 0 spiro atoms. The molecule has 5 nitrogen and oxygen atoms in total. The number of hydrogen-bond acceptors (Lipinski definition) is 4. The van der Waals surface area contributed by atoms with E-state index in [-0.39, 0.29) is 17.8 Å². The average molecular weight is 480 g/mol. The Labute approximate surface area is 208 Å². The predicted octanol–water partition coefficient (Wildman–Crippen LogP) is 5.19. The zero-order valence-corrected chi connectivity index (χ0v) is 21.1. The van der Waals surface area contributed by atoms with Crippen molar-refractivity contribution in [3.8, 4) is 5.75 Å². The second kappa shape index (κ2) is 10.6. The maximum absolute atomic E-state index is 13.8. The van der Waals surface area contributed by atoms with Crippen LogP contribution in [0.4, 0.5) is 15.8 Å². The SMILES string of the molecule is COc1cc(F)ccc1N1CCN(CC2CCc3cc(C)ccc3N2C(=O)C2CCCCC2)CC1. The van der Waals surface area contributed by atoms with Crippen LogP contribution in [0.1, 0.15) is 49.7 Å². The molecule has 1 saturated heterocycles. The molecule has 0 N–H and O–H groups in total. The molecule has 0 aromatic heterocycles. The number of hydrogen-bond donors (Lipinski definition) is 0. The van der Waals surface area contributed by atoms with E-state index in [9.17, 15) is 9.18 Å². The smallest absolute Gasteiger partial charge is 0.230 e. The van der Waals surface area contributed by atoms with Crippen molar-refractivity contribution in [2.75, 3.05) is 49.6 Å². The Bertz CT molecular complexity index is 1040. The standard InChI is InChI=1S/C29H38FN3O2/c1-21-8-12-26-23(18-21)9-11-25(33(26)29(34)22-6-4-3-5-7-22)20-31-14-16-32(17-15-31)27-13-10-24(30)19-28(27)35-2/h8,10,12-13,18-19,22,25H,3-7,9,11,14-17,20H2,1-2H3. The lowest BCUT2D eigenvalue weighted by atomic mass is 9.86. The summed E-state index contributed by atoms with van der Waals surface area (Å²) in [5.74, 6) is 0.817. The number of benzene rings is 2. The number of piperazine rings is 1. The molecular formula is C29H38FN3O2. The summed E-state index contributed by atoms with van der Waals surface area (Å²) in [6, 6.07) is 11.6. The molecule has 2 aliphatic heterocycles. The Kier molecular flexibility index (Phi) is 7.28. The number of carbonyl (C=O) groups is 1. The van der Waals surface area contributed by atoms with Crippen LogP contribution < -0.4 is 14.5 Å². The molecule has 5 rings (SSSR count). The van der Waals surface area contributed by atoms with E-state index in [1.165, 1.54) is 42.5 Å². The van der Waals surface area contributed by atoms with Gasteiger partial charge in [0.25, 0.3) is 0 Å². The summed E-state index contributed by atoms with van der Waals surface area (Å²) in [4.78, 5) is 20.8. The summed E-state index contributed by atoms with van der Waals surface area (Å²) >= 11 is 0. The Hall–Kier alpha value is -2.60. The molecule has 0 bridgehead atoms. The Morgan fingerprint density at radius 2 is 1.71 bits per heavy atom. The number of rotatable bonds is 5. The second-order valence-electron chi connectivity index (χ2n) is 10.5. The fourth-order valence-corrected chi connectivity index (χ4v) is 6.20. The topological polar surface area (TPSA) is 36.0 Å². The van der Waals surface area contributed by atoms with Gasteiger partial charge in [-0.15, -0.1) is 0 Å². The van der Waals surface area contributed by atoms with Gasteiger partial charge in [0.15, 0.2) is 0 Å². The molecule has 1 unspecified atom stereocenters. The van der Waals surface area contributed by atoms with Crippen molar-refractivity contribution < 1.29 is 13.9 Å². The van der Waals surface area contributed by atoms with Gasteiger partial charge in [-0.2, -0.15) is 0 Å². The quantitative estimate of drug-likeness (QED) is 0.591. The molecule has 3 aliphatic rings. The third kappa shape index (κ3) is 5.18. The molecule has 1 amide bonds. The highest BCUT2D eigenvalue weighted by Crippen LogP contribution is 2.36. The molecule has 1 atom stereocenters. The van der Waals surface area contributed by atoms with Gasteiger partial charge in [0.2, 0.25) is 5.91 Å². The first-order valence-electron chi connectivity index (χ1n) is 13.3. The van der Waals surface area contributed by atoms with Crippen LogP contribution in [0.2, 0.25) is 0 Å². The number of nitrogens with zero attached hydrogens (tertiary/aromatic N) is 3. The highest BCUT2D eigenvalue weighted by Gasteiger charge is 2.36. The maximum atomic E-state index is 13.8. The van der Waals surface area contributed by atoms with Crippen LogP contribution in [0.25, 0.3) is 0 Å². The zero-order valence-electron chi connectivity index (χ0n) is 21.1. The first-order valence-corrected chi connectivity index (χ1v) is 13.3. The largest absolute Gasteiger partial charge is 0.494 e. The minimum atomic E-state index is -0.278. The van der Waals surface area contributed by atoms with Crippen LogP contribution in [0, 0.1) is 18.7 Å². The van der Waals surface area contributed by atoms with Crippen molar-refractivity contribution >= 4 is 17.3 Å². The molecule has 2 aromatic carbocycles. The Balaban J connectivity index is 1.30. The summed E-state index contributed by atoms with van der Waals surface area (Å²) in [6.45, 7) is 6.60. The third-order valence-electron chi connectivity index (χ3n) is 8.12. The lowest BCUT2D eigenvalue weighted by Crippen LogP contribution is -2.55. The summed E-state index contributed by atoms with van der Waals surface area (Å²) in [7, 11) is 1.59. The number of anilines is 2. The van der Waals surface area contributed by atoms with Gasteiger partial charge in [-0.1, -0.05) is 37.0 Å². The second-order valence-corrected chi connectivity index (χ2v) is 10.5. The average Bonchev–Trinajstić information content (AvgIpc) is 2.89. The van der Waals surface area contributed by atoms with Crippen molar-refractivity contribution in [3.05, 3.63) is 53.3 Å². The molecule has 2 fully saturated rings. The number of methoxy groups -OCH3 is 1. The van der Waals surface area contributed by atoms with Crippen LogP contribution in [0.5, 0.6) is 5.75 Å². The summed E-state index contributed by atoms with van der Waals surface area (Å²) in [5.41, 5.74) is 4.67. The molecule has 2 aromatic rings. The lowest BCUT2D eigenvalue weighted by molar-refractivity contribution is -0.124. The summed E-state index contributed by atoms with van der Waals surface area (Å²) in [6.07, 6.45) is 7.70. The van der Waals surface area contributed by atoms with Crippen molar-refractivity contribution in [1.82, 2.24) is 4.90 Å². The molecule has 6 heteroatoms. The van der Waals surface area contributed by atoms with Crippen LogP contribution in [0.3, 0.4) is 0 Å². The van der Waals surface area contributed by atoms with E-state index in [4.69, 9.17) is 4.74 Å². The van der Waals surface area contributed by atoms with Crippen LogP contribution >= 0.6 is 0 Å². The van der Waals surface area contributed by atoms with Crippen LogP contribution in [-0.2, 0) is 11.2 Å². The van der Waals surface area contributed by atoms with Gasteiger partial charge in [0.1, 0.15) is 11.6 Å². The Morgan fingerprint density at radius 3 is 2.46 bits per heavy atom. The van der Waals surface area contributed by atoms with Gasteiger partial charge >= 0.3 is 0 Å². The summed E-state index contributed by atoms with van der Waals surface area (Å²) < 4.78 is 19.1. The number of aryl methyl sites for hydroxylation is 2. The van der Waals surface area contributed by atoms with Gasteiger partial charge in [0.05, 0.1) is 12.8 Å². The number of ether oxygens (including phenoxy) is 1. The van der Waals surface area contributed by atoms with E-state index in [1.807, 2.05) is 6.07 Å². The van der Waals surface area contributed by atoms with Crippen molar-refractivity contribution in [1.29, 1.82) is 0 Å². The maximum Gasteiger partial charge on any atom is 0.230 e. The van der Waals surface area contributed by atoms with E-state index >= 15 is 0 Å². The van der Waals surface area contributed by atoms with Gasteiger partial charge in [-0.25, -0.2) is 4.39 Å². The number of fused-ring (bicyclic) bond motifs is 1. The Morgan fingerprint density at radius 1 is 0.971 bits per heavy atom. The van der Waals surface area contributed by atoms with Crippen LogP contribution in [-0.4, -0.2) is 56.7 Å². The highest BCUT2D eigenvalue weighted by atomic mass is 19.1. The predicted molar refractivity (Wildman–Crippen MR) is 139 cm³/mol. The van der Waals surface area contributed by atoms with E-state index in [0.717, 1.165) is 69.8 Å². The van der Waals surface area contributed by atoms with E-state index in [0.29, 0.717) is 11.7 Å². The fourth-order valence-electron chi connectivity index (χ4n) is 6.20. The van der Waals surface area contributed by atoms with Crippen molar-refractivity contribution in [2.45, 2.75) is 57.9 Å². The molecule has 2 heterocycles. The van der Waals surface area contributed by atoms with E-state index in [1.54, 1.807) is 7.11 Å². The number of amides is 1. The van der Waals surface area contributed by atoms with Crippen LogP contribution in [0.15, 0.2) is 36.4 Å². The third-order valence-corrected chi connectivity index (χ3v) is 8.12. The molecule has 1 aliphatic carbocycles. The number of halogens is 1. The molecule has 0 radical (unpaired) electrons. The normalized spacial score (nSPS) is 21.6. The minimum Gasteiger partial charge on any atom is -0.494 e. The van der Waals surface area contributed by atoms with Crippen molar-refractivity contribution in [2.24, 2.45) is 5.92 Å². The first-order chi connectivity index (χ1) is 17.0. The molecule has 188 valence electrons. The zero-order chi connectivity index (χ0) is 24.4. The molecular weight excluding hydrogens is 441 g/mol. The lowest BCUT2D eigenvalue weighted by Gasteiger charge is -2.44. The van der Waals surface area contributed by atoms with E-state index < -0.39 is 0 Å². The summed E-state index contributed by atoms with van der Waals surface area (Å²) in [5, 5.41) is 0. The van der Waals surface area contributed by atoms with E-state index in [2.05, 4.69) is 39.8 Å². The number of carbonyl (C=O) groups excluding carboxylic acids is 1. The minimum absolute atomic E-state index is 0.168. The monoisotopic (exact) mass is 479 g/mol. The van der Waals surface area contributed by atoms with Gasteiger partial charge < -0.3 is 14.5 Å². The van der Waals surface area contributed by atoms with Gasteiger partial charge in [-0.3, -0.25) is 9.69 Å². The highest BCUT2D eigenvalue weighted by molar-refractivity contribution is 5.97. The fraction of sp³-hybridized carbons (Fsp3) is 0.552. The first kappa shape index (κ1) is 24.1. The van der Waals surface area contributed by atoms with Crippen molar-refractivity contribution in [3.63, 3.8) is 0 Å². The molecule has 1 saturated carbocycles. The van der Waals surface area contributed by atoms with Gasteiger partial charge in [0, 0.05) is 56.4 Å². The van der Waals surface area contributed by atoms with Gasteiger partial charge in [-0.05, 0) is 56.4 Å². The molecule has 35 heavy (non-hydrogen) atoms.